The average molecular weight is 251 g/mol. The highest BCUT2D eigenvalue weighted by Gasteiger charge is 2.51. The Morgan fingerprint density at radius 3 is 2.61 bits per heavy atom. The molecule has 2 rings (SSSR count). The highest BCUT2D eigenvalue weighted by Crippen LogP contribution is 2.42. The van der Waals surface area contributed by atoms with E-state index in [1.54, 1.807) is 16.9 Å². The van der Waals surface area contributed by atoms with E-state index >= 15 is 0 Å². The van der Waals surface area contributed by atoms with Gasteiger partial charge < -0.3 is 10.4 Å². The Hall–Kier alpha value is -1.85. The van der Waals surface area contributed by atoms with Crippen LogP contribution in [0.4, 0.5) is 5.82 Å². The van der Waals surface area contributed by atoms with Crippen molar-refractivity contribution in [2.24, 2.45) is 5.41 Å². The summed E-state index contributed by atoms with van der Waals surface area (Å²) in [7, 11) is 0. The minimum absolute atomic E-state index is 0.109. The van der Waals surface area contributed by atoms with Crippen LogP contribution in [-0.2, 0) is 9.59 Å². The van der Waals surface area contributed by atoms with Crippen molar-refractivity contribution < 1.29 is 14.7 Å². The maximum Gasteiger partial charge on any atom is 0.319 e. The topological polar surface area (TPSA) is 84.2 Å². The number of rotatable bonds is 4. The van der Waals surface area contributed by atoms with Crippen LogP contribution in [0.25, 0.3) is 0 Å². The van der Waals surface area contributed by atoms with Gasteiger partial charge in [-0.3, -0.25) is 9.59 Å². The van der Waals surface area contributed by atoms with Gasteiger partial charge in [-0.15, -0.1) is 0 Å². The molecule has 18 heavy (non-hydrogen) atoms. The number of carboxylic acid groups (broad SMARTS) is 1. The number of hydrogen-bond donors (Lipinski definition) is 2. The molecule has 0 bridgehead atoms. The molecular weight excluding hydrogens is 234 g/mol. The molecule has 0 atom stereocenters. The van der Waals surface area contributed by atoms with Gasteiger partial charge in [-0.05, 0) is 26.7 Å². The quantitative estimate of drug-likeness (QED) is 0.797. The van der Waals surface area contributed by atoms with Crippen molar-refractivity contribution in [3.8, 4) is 0 Å². The summed E-state index contributed by atoms with van der Waals surface area (Å²) in [6.07, 6.45) is 3.18. The van der Waals surface area contributed by atoms with Gasteiger partial charge in [-0.25, -0.2) is 4.68 Å². The summed E-state index contributed by atoms with van der Waals surface area (Å²) in [5, 5.41) is 15.9. The third-order valence-corrected chi connectivity index (χ3v) is 3.45. The molecule has 6 nitrogen and oxygen atoms in total. The lowest BCUT2D eigenvalue weighted by atomic mass is 9.68. The third kappa shape index (κ3) is 1.87. The van der Waals surface area contributed by atoms with Gasteiger partial charge in [-0.2, -0.15) is 5.10 Å². The van der Waals surface area contributed by atoms with Crippen molar-refractivity contribution in [1.29, 1.82) is 0 Å². The summed E-state index contributed by atoms with van der Waals surface area (Å²) in [4.78, 5) is 23.3. The van der Waals surface area contributed by atoms with Crippen LogP contribution >= 0.6 is 0 Å². The van der Waals surface area contributed by atoms with Gasteiger partial charge in [0.25, 0.3) is 0 Å². The van der Waals surface area contributed by atoms with Crippen LogP contribution < -0.4 is 5.32 Å². The Kier molecular flexibility index (Phi) is 3.11. The van der Waals surface area contributed by atoms with Crippen LogP contribution in [0.3, 0.4) is 0 Å². The van der Waals surface area contributed by atoms with Gasteiger partial charge in [0.2, 0.25) is 5.91 Å². The molecule has 1 fully saturated rings. The fraction of sp³-hybridized carbons (Fsp3) is 0.583. The molecule has 1 aromatic heterocycles. The fourth-order valence-electron chi connectivity index (χ4n) is 2.13. The van der Waals surface area contributed by atoms with E-state index in [0.717, 1.165) is 6.42 Å². The number of aromatic nitrogens is 2. The van der Waals surface area contributed by atoms with E-state index in [9.17, 15) is 14.7 Å². The molecule has 1 aliphatic rings. The smallest absolute Gasteiger partial charge is 0.319 e. The van der Waals surface area contributed by atoms with Crippen molar-refractivity contribution >= 4 is 17.7 Å². The lowest BCUT2D eigenvalue weighted by Gasteiger charge is -2.35. The molecule has 0 aliphatic heterocycles. The molecule has 1 aromatic rings. The zero-order valence-electron chi connectivity index (χ0n) is 10.5. The molecule has 1 amide bonds. The standard InChI is InChI=1S/C12H17N3O3/c1-8(2)15-9(4-7-13-15)14-10(16)12(11(17)18)5-3-6-12/h4,7-8H,3,5-6H2,1-2H3,(H,14,16)(H,17,18). The first-order valence-corrected chi connectivity index (χ1v) is 6.06. The first-order chi connectivity index (χ1) is 8.47. The first-order valence-electron chi connectivity index (χ1n) is 6.06. The number of nitrogens with zero attached hydrogens (tertiary/aromatic N) is 2. The molecule has 1 aliphatic carbocycles. The normalized spacial score (nSPS) is 17.3. The summed E-state index contributed by atoms with van der Waals surface area (Å²) >= 11 is 0. The number of nitrogens with one attached hydrogen (secondary N) is 1. The van der Waals surface area contributed by atoms with E-state index in [1.807, 2.05) is 13.8 Å². The molecule has 1 saturated carbocycles. The maximum atomic E-state index is 12.1. The molecule has 2 N–H and O–H groups in total. The summed E-state index contributed by atoms with van der Waals surface area (Å²) in [5.41, 5.74) is -1.24. The molecule has 0 saturated heterocycles. The van der Waals surface area contributed by atoms with Crippen molar-refractivity contribution in [1.82, 2.24) is 9.78 Å². The Bertz CT molecular complexity index is 475. The summed E-state index contributed by atoms with van der Waals surface area (Å²) in [5.74, 6) is -0.937. The Morgan fingerprint density at radius 1 is 1.50 bits per heavy atom. The van der Waals surface area contributed by atoms with E-state index < -0.39 is 17.3 Å². The van der Waals surface area contributed by atoms with Crippen molar-refractivity contribution in [2.45, 2.75) is 39.2 Å². The van der Waals surface area contributed by atoms with Crippen LogP contribution in [0.2, 0.25) is 0 Å². The van der Waals surface area contributed by atoms with Gasteiger partial charge in [0, 0.05) is 12.1 Å². The number of anilines is 1. The highest BCUT2D eigenvalue weighted by atomic mass is 16.4. The summed E-state index contributed by atoms with van der Waals surface area (Å²) < 4.78 is 1.66. The Balaban J connectivity index is 2.16. The van der Waals surface area contributed by atoms with Gasteiger partial charge in [0.05, 0.1) is 6.20 Å². The number of carbonyl (C=O) groups is 2. The first kappa shape index (κ1) is 12.6. The zero-order valence-corrected chi connectivity index (χ0v) is 10.5. The second kappa shape index (κ2) is 4.44. The van der Waals surface area contributed by atoms with E-state index in [4.69, 9.17) is 0 Å². The van der Waals surface area contributed by atoms with Crippen molar-refractivity contribution in [3.63, 3.8) is 0 Å². The highest BCUT2D eigenvalue weighted by molar-refractivity contribution is 6.08. The van der Waals surface area contributed by atoms with Crippen molar-refractivity contribution in [2.75, 3.05) is 5.32 Å². The van der Waals surface area contributed by atoms with Crippen LogP contribution in [0.5, 0.6) is 0 Å². The SMILES string of the molecule is CC(C)n1nccc1NC(=O)C1(C(=O)O)CCC1. The van der Waals surface area contributed by atoms with Crippen LogP contribution in [-0.4, -0.2) is 26.8 Å². The van der Waals surface area contributed by atoms with Crippen LogP contribution in [0.15, 0.2) is 12.3 Å². The Labute approximate surface area is 105 Å². The molecular formula is C12H17N3O3. The van der Waals surface area contributed by atoms with Crippen molar-refractivity contribution in [3.05, 3.63) is 12.3 Å². The lowest BCUT2D eigenvalue weighted by molar-refractivity contribution is -0.159. The number of carboxylic acids is 1. The fourth-order valence-corrected chi connectivity index (χ4v) is 2.13. The number of aliphatic carboxylic acids is 1. The number of carbonyl (C=O) groups excluding carboxylic acids is 1. The monoisotopic (exact) mass is 251 g/mol. The van der Waals surface area contributed by atoms with E-state index in [1.165, 1.54) is 0 Å². The molecule has 1 heterocycles. The molecule has 0 unspecified atom stereocenters. The average Bonchev–Trinajstić information content (AvgIpc) is 2.62. The van der Waals surface area contributed by atoms with Gasteiger partial charge in [0.1, 0.15) is 11.2 Å². The molecule has 0 aromatic carbocycles. The van der Waals surface area contributed by atoms with Crippen LogP contribution in [0, 0.1) is 5.41 Å². The predicted octanol–water partition coefficient (Wildman–Crippen LogP) is 1.66. The second-order valence-corrected chi connectivity index (χ2v) is 4.95. The number of hydrogen-bond acceptors (Lipinski definition) is 3. The number of amides is 1. The van der Waals surface area contributed by atoms with E-state index in [-0.39, 0.29) is 6.04 Å². The largest absolute Gasteiger partial charge is 0.480 e. The molecule has 6 heteroatoms. The summed E-state index contributed by atoms with van der Waals surface area (Å²) in [6.45, 7) is 3.89. The zero-order chi connectivity index (χ0) is 13.3. The maximum absolute atomic E-state index is 12.1. The third-order valence-electron chi connectivity index (χ3n) is 3.45. The molecule has 98 valence electrons. The van der Waals surface area contributed by atoms with Gasteiger partial charge >= 0.3 is 5.97 Å². The van der Waals surface area contributed by atoms with Crippen LogP contribution in [0.1, 0.15) is 39.2 Å². The lowest BCUT2D eigenvalue weighted by Crippen LogP contribution is -2.48. The second-order valence-electron chi connectivity index (χ2n) is 4.95. The van der Waals surface area contributed by atoms with Gasteiger partial charge in [0.15, 0.2) is 0 Å². The molecule has 0 radical (unpaired) electrons. The minimum Gasteiger partial charge on any atom is -0.480 e. The minimum atomic E-state index is -1.24. The Morgan fingerprint density at radius 2 is 2.17 bits per heavy atom. The van der Waals surface area contributed by atoms with E-state index in [0.29, 0.717) is 18.7 Å². The van der Waals surface area contributed by atoms with E-state index in [2.05, 4.69) is 10.4 Å². The predicted molar refractivity (Wildman–Crippen MR) is 65.2 cm³/mol. The van der Waals surface area contributed by atoms with Gasteiger partial charge in [-0.1, -0.05) is 6.42 Å². The summed E-state index contributed by atoms with van der Waals surface area (Å²) in [6, 6.07) is 1.78. The molecule has 0 spiro atoms.